The minimum absolute atomic E-state index is 0.0396. The van der Waals surface area contributed by atoms with Crippen LogP contribution in [0.15, 0.2) is 17.3 Å². The Morgan fingerprint density at radius 3 is 2.78 bits per heavy atom. The molecule has 0 radical (unpaired) electrons. The number of thioether (sulfide) groups is 1. The number of aromatic nitrogens is 2. The van der Waals surface area contributed by atoms with Crippen LogP contribution in [0.5, 0.6) is 0 Å². The fourth-order valence-corrected chi connectivity index (χ4v) is 6.48. The van der Waals surface area contributed by atoms with Gasteiger partial charge in [0.05, 0.1) is 22.4 Å². The average Bonchev–Trinajstić information content (AvgIpc) is 3.46. The summed E-state index contributed by atoms with van der Waals surface area (Å²) in [6.45, 7) is 6.65. The van der Waals surface area contributed by atoms with Gasteiger partial charge in [-0.1, -0.05) is 13.0 Å². The molecule has 1 saturated carbocycles. The number of fused-ring (bicyclic) bond motifs is 1. The number of nitrogens with one attached hydrogen (secondary N) is 1. The molecule has 1 aromatic rings. The quantitative estimate of drug-likeness (QED) is 0.584. The van der Waals surface area contributed by atoms with Gasteiger partial charge in [0.1, 0.15) is 12.1 Å². The standard InChI is InChI=1S/C23H32ClN5O2S/c1-14-10-17(30)21-20(14)22(27-13-26-21)28-6-8-29(9-7-28)23(31)16(12-25-11-15-2-3-15)18-4-5-19(24)32-18/h4,13-17,19,25,30H,2-3,5-12H2,1H3/t14-,16-,17+,19?/m1/s1. The number of halogens is 1. The summed E-state index contributed by atoms with van der Waals surface area (Å²) in [4.78, 5) is 27.8. The van der Waals surface area contributed by atoms with E-state index in [1.54, 1.807) is 18.1 Å². The van der Waals surface area contributed by atoms with Gasteiger partial charge in [-0.25, -0.2) is 9.97 Å². The maximum absolute atomic E-state index is 13.5. The lowest BCUT2D eigenvalue weighted by molar-refractivity contribution is -0.134. The van der Waals surface area contributed by atoms with Crippen LogP contribution in [0.3, 0.4) is 0 Å². The summed E-state index contributed by atoms with van der Waals surface area (Å²) in [6, 6.07) is 0. The first-order valence-electron chi connectivity index (χ1n) is 11.8. The third-order valence-electron chi connectivity index (χ3n) is 7.06. The number of hydrogen-bond donors (Lipinski definition) is 2. The van der Waals surface area contributed by atoms with E-state index in [9.17, 15) is 9.90 Å². The predicted molar refractivity (Wildman–Crippen MR) is 128 cm³/mol. The number of nitrogens with zero attached hydrogens (tertiary/aromatic N) is 4. The summed E-state index contributed by atoms with van der Waals surface area (Å²) in [5, 5.41) is 13.8. The first-order chi connectivity index (χ1) is 15.5. The highest BCUT2D eigenvalue weighted by molar-refractivity contribution is 8.05. The minimum atomic E-state index is -0.503. The maximum atomic E-state index is 13.5. The number of aliphatic hydroxyl groups excluding tert-OH is 1. The molecule has 174 valence electrons. The summed E-state index contributed by atoms with van der Waals surface area (Å²) < 4.78 is 0.0396. The summed E-state index contributed by atoms with van der Waals surface area (Å²) in [5.74, 6) is 2.01. The third-order valence-corrected chi connectivity index (χ3v) is 8.68. The molecular weight excluding hydrogens is 446 g/mol. The Bertz CT molecular complexity index is 887. The Labute approximate surface area is 199 Å². The number of anilines is 1. The molecule has 1 saturated heterocycles. The largest absolute Gasteiger partial charge is 0.387 e. The second kappa shape index (κ2) is 9.49. The van der Waals surface area contributed by atoms with Crippen molar-refractivity contribution in [3.05, 3.63) is 28.6 Å². The number of carbonyl (C=O) groups is 1. The van der Waals surface area contributed by atoms with Gasteiger partial charge >= 0.3 is 0 Å². The smallest absolute Gasteiger partial charge is 0.232 e. The topological polar surface area (TPSA) is 81.6 Å². The lowest BCUT2D eigenvalue weighted by Crippen LogP contribution is -2.52. The van der Waals surface area contributed by atoms with Gasteiger partial charge < -0.3 is 20.2 Å². The number of carbonyl (C=O) groups excluding carboxylic acids is 1. The molecule has 5 rings (SSSR count). The number of hydrogen-bond acceptors (Lipinski definition) is 7. The number of rotatable bonds is 7. The van der Waals surface area contributed by atoms with Crippen LogP contribution in [0.4, 0.5) is 5.82 Å². The molecule has 2 N–H and O–H groups in total. The molecule has 1 amide bonds. The summed E-state index contributed by atoms with van der Waals surface area (Å²) in [5.41, 5.74) is 1.84. The van der Waals surface area contributed by atoms with Crippen molar-refractivity contribution < 1.29 is 9.90 Å². The van der Waals surface area contributed by atoms with Crippen molar-refractivity contribution in [2.45, 2.75) is 49.3 Å². The van der Waals surface area contributed by atoms with Gasteiger partial charge in [0.2, 0.25) is 5.91 Å². The number of aliphatic hydroxyl groups is 1. The van der Waals surface area contributed by atoms with Crippen LogP contribution in [0.1, 0.15) is 55.9 Å². The van der Waals surface area contributed by atoms with Gasteiger partial charge in [-0.05, 0) is 49.0 Å². The normalized spacial score (nSPS) is 28.6. The van der Waals surface area contributed by atoms with E-state index in [-0.39, 0.29) is 22.5 Å². The van der Waals surface area contributed by atoms with E-state index < -0.39 is 6.10 Å². The monoisotopic (exact) mass is 477 g/mol. The molecule has 2 aliphatic heterocycles. The number of alkyl halides is 1. The first-order valence-corrected chi connectivity index (χ1v) is 13.1. The average molecular weight is 478 g/mol. The maximum Gasteiger partial charge on any atom is 0.232 e. The predicted octanol–water partition coefficient (Wildman–Crippen LogP) is 2.87. The van der Waals surface area contributed by atoms with E-state index in [0.717, 1.165) is 54.0 Å². The van der Waals surface area contributed by atoms with E-state index >= 15 is 0 Å². The molecular formula is C23H32ClN5O2S. The Balaban J connectivity index is 1.24. The molecule has 2 fully saturated rings. The van der Waals surface area contributed by atoms with E-state index in [4.69, 9.17) is 11.6 Å². The van der Waals surface area contributed by atoms with E-state index in [2.05, 4.69) is 33.2 Å². The van der Waals surface area contributed by atoms with Gasteiger partial charge in [-0.2, -0.15) is 0 Å². The third kappa shape index (κ3) is 4.65. The molecule has 1 aromatic heterocycles. The summed E-state index contributed by atoms with van der Waals surface area (Å²) in [6.07, 6.45) is 7.33. The SMILES string of the molecule is C[C@@H]1C[C@H](O)c2ncnc(N3CCN(C(=O)[C@H](CNCC4CC4)C4=CCC(Cl)S4)CC3)c21. The molecule has 4 atom stereocenters. The molecule has 4 aliphatic rings. The Kier molecular flexibility index (Phi) is 6.65. The Morgan fingerprint density at radius 1 is 1.31 bits per heavy atom. The highest BCUT2D eigenvalue weighted by Crippen LogP contribution is 2.43. The van der Waals surface area contributed by atoms with Crippen molar-refractivity contribution in [1.29, 1.82) is 0 Å². The molecule has 3 heterocycles. The molecule has 1 unspecified atom stereocenters. The zero-order chi connectivity index (χ0) is 22.2. The second-order valence-corrected chi connectivity index (χ2v) is 11.5. The molecule has 0 bridgehead atoms. The van der Waals surface area contributed by atoms with Crippen molar-refractivity contribution in [3.63, 3.8) is 0 Å². The van der Waals surface area contributed by atoms with Gasteiger partial charge in [0.15, 0.2) is 0 Å². The van der Waals surface area contributed by atoms with Crippen LogP contribution < -0.4 is 10.2 Å². The van der Waals surface area contributed by atoms with Crippen LogP contribution in [-0.2, 0) is 4.79 Å². The second-order valence-electron chi connectivity index (χ2n) is 9.49. The van der Waals surface area contributed by atoms with Gasteiger partial charge in [0.25, 0.3) is 0 Å². The zero-order valence-corrected chi connectivity index (χ0v) is 20.1. The highest BCUT2D eigenvalue weighted by atomic mass is 35.5. The number of allylic oxidation sites excluding steroid dienone is 1. The summed E-state index contributed by atoms with van der Waals surface area (Å²) >= 11 is 7.96. The van der Waals surface area contributed by atoms with Crippen molar-refractivity contribution in [2.75, 3.05) is 44.2 Å². The first kappa shape index (κ1) is 22.4. The lowest BCUT2D eigenvalue weighted by Gasteiger charge is -2.38. The van der Waals surface area contributed by atoms with Crippen molar-refractivity contribution in [3.8, 4) is 0 Å². The van der Waals surface area contributed by atoms with E-state index in [1.165, 1.54) is 12.8 Å². The fraction of sp³-hybridized carbons (Fsp3) is 0.696. The minimum Gasteiger partial charge on any atom is -0.387 e. The molecule has 9 heteroatoms. The van der Waals surface area contributed by atoms with Crippen LogP contribution in [0, 0.1) is 11.8 Å². The Morgan fingerprint density at radius 2 is 2.09 bits per heavy atom. The van der Waals surface area contributed by atoms with Gasteiger partial charge in [0, 0.05) is 38.3 Å². The van der Waals surface area contributed by atoms with Crippen LogP contribution in [-0.4, -0.2) is 69.9 Å². The van der Waals surface area contributed by atoms with Crippen molar-refractivity contribution in [2.24, 2.45) is 11.8 Å². The van der Waals surface area contributed by atoms with E-state index in [0.29, 0.717) is 26.1 Å². The molecule has 2 aliphatic carbocycles. The summed E-state index contributed by atoms with van der Waals surface area (Å²) in [7, 11) is 0. The van der Waals surface area contributed by atoms with Gasteiger partial charge in [-0.15, -0.1) is 23.4 Å². The zero-order valence-electron chi connectivity index (χ0n) is 18.5. The highest BCUT2D eigenvalue weighted by Gasteiger charge is 2.36. The van der Waals surface area contributed by atoms with Crippen LogP contribution in [0.2, 0.25) is 0 Å². The van der Waals surface area contributed by atoms with Gasteiger partial charge in [-0.3, -0.25) is 4.79 Å². The lowest BCUT2D eigenvalue weighted by atomic mass is 10.0. The molecule has 0 aromatic carbocycles. The number of amides is 1. The Hall–Kier alpha value is -1.35. The van der Waals surface area contributed by atoms with Crippen molar-refractivity contribution in [1.82, 2.24) is 20.2 Å². The molecule has 32 heavy (non-hydrogen) atoms. The molecule has 7 nitrogen and oxygen atoms in total. The number of piperazine rings is 1. The van der Waals surface area contributed by atoms with Crippen LogP contribution in [0.25, 0.3) is 0 Å². The van der Waals surface area contributed by atoms with E-state index in [1.807, 2.05) is 4.90 Å². The van der Waals surface area contributed by atoms with Crippen LogP contribution >= 0.6 is 23.4 Å². The fourth-order valence-electron chi connectivity index (χ4n) is 5.05. The molecule has 0 spiro atoms. The van der Waals surface area contributed by atoms with Crippen molar-refractivity contribution >= 4 is 35.1 Å².